The van der Waals surface area contributed by atoms with Gasteiger partial charge in [-0.25, -0.2) is 0 Å². The summed E-state index contributed by atoms with van der Waals surface area (Å²) in [6, 6.07) is 4.44. The molecule has 6 heteroatoms. The summed E-state index contributed by atoms with van der Waals surface area (Å²) in [4.78, 5) is 22.2. The number of hydrogen-bond donors (Lipinski definition) is 2. The van der Waals surface area contributed by atoms with Gasteiger partial charge in [0.2, 0.25) is 5.91 Å². The molecule has 0 aromatic heterocycles. The minimum atomic E-state index is -0.755. The molecule has 0 unspecified atom stereocenters. The number of amides is 2. The Kier molecular flexibility index (Phi) is 3.47. The van der Waals surface area contributed by atoms with E-state index in [1.807, 2.05) is 0 Å². The van der Waals surface area contributed by atoms with E-state index in [4.69, 9.17) is 10.5 Å². The third kappa shape index (κ3) is 2.12. The van der Waals surface area contributed by atoms with Crippen molar-refractivity contribution in [3.05, 3.63) is 23.8 Å². The molecule has 3 N–H and O–H groups in total. The van der Waals surface area contributed by atoms with E-state index in [2.05, 4.69) is 0 Å². The number of primary amides is 1. The monoisotopic (exact) mass is 224 g/mol. The van der Waals surface area contributed by atoms with Gasteiger partial charge in [-0.05, 0) is 12.1 Å². The molecule has 0 aliphatic carbocycles. The lowest BCUT2D eigenvalue weighted by atomic mass is 10.1. The molecule has 0 spiro atoms. The molecule has 0 aliphatic heterocycles. The molecule has 0 radical (unpaired) electrons. The number of hydrogen-bond acceptors (Lipinski definition) is 4. The van der Waals surface area contributed by atoms with Crippen molar-refractivity contribution < 1.29 is 19.5 Å². The van der Waals surface area contributed by atoms with Gasteiger partial charge in [0, 0.05) is 6.92 Å². The van der Waals surface area contributed by atoms with Crippen molar-refractivity contribution in [2.24, 2.45) is 5.73 Å². The molecule has 0 atom stereocenters. The van der Waals surface area contributed by atoms with Crippen LogP contribution in [0.2, 0.25) is 0 Å². The van der Waals surface area contributed by atoms with E-state index < -0.39 is 11.8 Å². The number of nitrogens with two attached hydrogens (primary N) is 1. The highest BCUT2D eigenvalue weighted by Crippen LogP contribution is 2.31. The van der Waals surface area contributed by atoms with Crippen LogP contribution in [0.25, 0.3) is 0 Å². The van der Waals surface area contributed by atoms with Crippen molar-refractivity contribution >= 4 is 17.5 Å². The molecule has 0 saturated carbocycles. The minimum absolute atomic E-state index is 0.0112. The fraction of sp³-hybridized carbons (Fsp3) is 0.200. The van der Waals surface area contributed by atoms with Crippen LogP contribution in [0.3, 0.4) is 0 Å². The van der Waals surface area contributed by atoms with Gasteiger partial charge in [0.15, 0.2) is 0 Å². The minimum Gasteiger partial charge on any atom is -0.494 e. The number of rotatable bonds is 3. The van der Waals surface area contributed by atoms with Crippen molar-refractivity contribution in [1.82, 2.24) is 0 Å². The number of hydroxylamine groups is 1. The summed E-state index contributed by atoms with van der Waals surface area (Å²) in [5, 5.41) is 9.87. The molecular weight excluding hydrogens is 212 g/mol. The average Bonchev–Trinajstić information content (AvgIpc) is 2.26. The topological polar surface area (TPSA) is 92.9 Å². The van der Waals surface area contributed by atoms with Gasteiger partial charge in [-0.2, -0.15) is 5.06 Å². The summed E-state index contributed by atoms with van der Waals surface area (Å²) in [5.74, 6) is -1.21. The summed E-state index contributed by atoms with van der Waals surface area (Å²) in [6.45, 7) is 1.15. The molecule has 0 heterocycles. The maximum atomic E-state index is 11.1. The predicted molar refractivity (Wildman–Crippen MR) is 56.5 cm³/mol. The quantitative estimate of drug-likeness (QED) is 0.578. The van der Waals surface area contributed by atoms with Gasteiger partial charge in [0.1, 0.15) is 11.4 Å². The van der Waals surface area contributed by atoms with Crippen LogP contribution in [0, 0.1) is 0 Å². The number of nitrogens with zero attached hydrogens (tertiary/aromatic N) is 1. The Hall–Kier alpha value is -2.08. The Morgan fingerprint density at radius 1 is 1.44 bits per heavy atom. The van der Waals surface area contributed by atoms with Crippen LogP contribution < -0.4 is 15.5 Å². The van der Waals surface area contributed by atoms with Gasteiger partial charge in [-0.1, -0.05) is 6.07 Å². The maximum Gasteiger partial charge on any atom is 0.251 e. The van der Waals surface area contributed by atoms with Crippen LogP contribution in [0.4, 0.5) is 5.69 Å². The molecule has 1 aromatic rings. The Morgan fingerprint density at radius 3 is 2.50 bits per heavy atom. The molecule has 6 nitrogen and oxygen atoms in total. The van der Waals surface area contributed by atoms with Gasteiger partial charge in [-0.3, -0.25) is 14.8 Å². The zero-order valence-corrected chi connectivity index (χ0v) is 8.93. The lowest BCUT2D eigenvalue weighted by Crippen LogP contribution is -2.27. The smallest absolute Gasteiger partial charge is 0.251 e. The third-order valence-electron chi connectivity index (χ3n) is 1.99. The Bertz CT molecular complexity index is 431. The molecule has 1 rings (SSSR count). The first-order valence-corrected chi connectivity index (χ1v) is 4.45. The zero-order valence-electron chi connectivity index (χ0n) is 8.93. The highest BCUT2D eigenvalue weighted by molar-refractivity contribution is 6.04. The van der Waals surface area contributed by atoms with E-state index in [1.165, 1.54) is 25.3 Å². The van der Waals surface area contributed by atoms with Gasteiger partial charge in [0.25, 0.3) is 5.91 Å². The van der Waals surface area contributed by atoms with Crippen LogP contribution in [-0.4, -0.2) is 24.1 Å². The van der Waals surface area contributed by atoms with Crippen LogP contribution in [-0.2, 0) is 4.79 Å². The first kappa shape index (κ1) is 12.0. The second-order valence-electron chi connectivity index (χ2n) is 3.05. The van der Waals surface area contributed by atoms with Crippen molar-refractivity contribution in [2.75, 3.05) is 12.2 Å². The number of carbonyl (C=O) groups is 2. The summed E-state index contributed by atoms with van der Waals surface area (Å²) < 4.78 is 4.95. The largest absolute Gasteiger partial charge is 0.494 e. The highest BCUT2D eigenvalue weighted by Gasteiger charge is 2.20. The molecule has 0 bridgehead atoms. The fourth-order valence-electron chi connectivity index (χ4n) is 1.26. The maximum absolute atomic E-state index is 11.1. The standard InChI is InChI=1S/C10H12N2O4/c1-6(13)12(15)9-7(10(11)14)4-3-5-8(9)16-2/h3-5,15H,1-2H3,(H2,11,14). The SMILES string of the molecule is COc1cccc(C(N)=O)c1N(O)C(C)=O. The van der Waals surface area contributed by atoms with E-state index >= 15 is 0 Å². The van der Waals surface area contributed by atoms with Crippen molar-refractivity contribution in [2.45, 2.75) is 6.92 Å². The number of anilines is 1. The number of ether oxygens (including phenoxy) is 1. The molecule has 0 fully saturated rings. The summed E-state index contributed by atoms with van der Waals surface area (Å²) in [7, 11) is 1.36. The number of carbonyl (C=O) groups excluding carboxylic acids is 2. The van der Waals surface area contributed by atoms with Crippen LogP contribution in [0.5, 0.6) is 5.75 Å². The van der Waals surface area contributed by atoms with Gasteiger partial charge in [-0.15, -0.1) is 0 Å². The van der Waals surface area contributed by atoms with Crippen molar-refractivity contribution in [3.63, 3.8) is 0 Å². The van der Waals surface area contributed by atoms with E-state index in [0.29, 0.717) is 5.06 Å². The molecular formula is C10H12N2O4. The molecule has 2 amide bonds. The number of methoxy groups -OCH3 is 1. The molecule has 86 valence electrons. The molecule has 0 aliphatic rings. The second kappa shape index (κ2) is 4.63. The van der Waals surface area contributed by atoms with Crippen LogP contribution in [0.1, 0.15) is 17.3 Å². The van der Waals surface area contributed by atoms with E-state index in [9.17, 15) is 14.8 Å². The van der Waals surface area contributed by atoms with Gasteiger partial charge < -0.3 is 10.5 Å². The highest BCUT2D eigenvalue weighted by atomic mass is 16.5. The normalized spacial score (nSPS) is 9.69. The van der Waals surface area contributed by atoms with Crippen LogP contribution >= 0.6 is 0 Å². The second-order valence-corrected chi connectivity index (χ2v) is 3.05. The van der Waals surface area contributed by atoms with Gasteiger partial charge in [0.05, 0.1) is 12.7 Å². The summed E-state index contributed by atoms with van der Waals surface area (Å²) >= 11 is 0. The molecule has 0 saturated heterocycles. The predicted octanol–water partition coefficient (Wildman–Crippen LogP) is 0.536. The summed E-state index contributed by atoms with van der Waals surface area (Å²) in [6.07, 6.45) is 0. The van der Waals surface area contributed by atoms with E-state index in [1.54, 1.807) is 0 Å². The Balaban J connectivity index is 3.41. The third-order valence-corrected chi connectivity index (χ3v) is 1.99. The fourth-order valence-corrected chi connectivity index (χ4v) is 1.26. The van der Waals surface area contributed by atoms with Crippen molar-refractivity contribution in [1.29, 1.82) is 0 Å². The number of benzene rings is 1. The first-order chi connectivity index (χ1) is 7.49. The molecule has 16 heavy (non-hydrogen) atoms. The lowest BCUT2D eigenvalue weighted by molar-refractivity contribution is -0.121. The van der Waals surface area contributed by atoms with E-state index in [-0.39, 0.29) is 17.0 Å². The lowest BCUT2D eigenvalue weighted by Gasteiger charge is -2.18. The van der Waals surface area contributed by atoms with Gasteiger partial charge >= 0.3 is 0 Å². The van der Waals surface area contributed by atoms with Crippen LogP contribution in [0.15, 0.2) is 18.2 Å². The average molecular weight is 224 g/mol. The Labute approximate surface area is 92.2 Å². The number of para-hydroxylation sites is 1. The molecule has 1 aromatic carbocycles. The first-order valence-electron chi connectivity index (χ1n) is 4.45. The zero-order chi connectivity index (χ0) is 12.3. The summed E-state index contributed by atoms with van der Waals surface area (Å²) in [5.41, 5.74) is 5.09. The Morgan fingerprint density at radius 2 is 2.06 bits per heavy atom. The van der Waals surface area contributed by atoms with Crippen molar-refractivity contribution in [3.8, 4) is 5.75 Å². The van der Waals surface area contributed by atoms with E-state index in [0.717, 1.165) is 6.92 Å².